The molecular weight excluding hydrogens is 148 g/mol. The number of hydrogen-bond acceptors (Lipinski definition) is 4. The maximum Gasteiger partial charge on any atom is 0.281 e. The molecule has 0 bridgehead atoms. The van der Waals surface area contributed by atoms with Crippen molar-refractivity contribution in [2.24, 2.45) is 10.9 Å². The molecular formula is C5H8N4O2. The summed E-state index contributed by atoms with van der Waals surface area (Å²) in [6.45, 7) is 0. The number of hydrazone groups is 1. The summed E-state index contributed by atoms with van der Waals surface area (Å²) in [6.07, 6.45) is 0.626. The summed E-state index contributed by atoms with van der Waals surface area (Å²) in [5.74, 6) is 4.21. The van der Waals surface area contributed by atoms with E-state index in [1.165, 1.54) is 0 Å². The molecule has 0 aromatic heterocycles. The fourth-order valence-corrected chi connectivity index (χ4v) is 0.721. The number of nitrogens with zero attached hydrogens (tertiary/aromatic N) is 1. The molecule has 6 nitrogen and oxygen atoms in total. The molecule has 1 rings (SSSR count). The Morgan fingerprint density at radius 3 is 2.82 bits per heavy atom. The maximum absolute atomic E-state index is 10.8. The molecule has 0 atom stereocenters. The van der Waals surface area contributed by atoms with Gasteiger partial charge in [-0.15, -0.1) is 0 Å². The van der Waals surface area contributed by atoms with Gasteiger partial charge in [-0.2, -0.15) is 5.10 Å². The zero-order valence-electron chi connectivity index (χ0n) is 5.76. The van der Waals surface area contributed by atoms with Gasteiger partial charge in [-0.25, -0.2) is 11.3 Å². The molecule has 4 N–H and O–H groups in total. The van der Waals surface area contributed by atoms with Gasteiger partial charge in [0.25, 0.3) is 5.91 Å². The zero-order valence-corrected chi connectivity index (χ0v) is 5.76. The van der Waals surface area contributed by atoms with Crippen molar-refractivity contribution in [1.82, 2.24) is 10.9 Å². The van der Waals surface area contributed by atoms with Crippen molar-refractivity contribution < 1.29 is 9.59 Å². The molecule has 0 spiro atoms. The van der Waals surface area contributed by atoms with Crippen LogP contribution in [0.3, 0.4) is 0 Å². The highest BCUT2D eigenvalue weighted by Crippen LogP contribution is 1.98. The zero-order chi connectivity index (χ0) is 8.27. The van der Waals surface area contributed by atoms with Crippen molar-refractivity contribution in [3.8, 4) is 0 Å². The number of carbonyl (C=O) groups is 2. The van der Waals surface area contributed by atoms with Crippen LogP contribution in [0.1, 0.15) is 12.8 Å². The van der Waals surface area contributed by atoms with Gasteiger partial charge in [-0.05, 0) is 0 Å². The van der Waals surface area contributed by atoms with Crippen molar-refractivity contribution in [2.45, 2.75) is 12.8 Å². The fraction of sp³-hybridized carbons (Fsp3) is 0.400. The molecule has 1 aliphatic heterocycles. The average Bonchev–Trinajstić information content (AvgIpc) is 2.05. The van der Waals surface area contributed by atoms with Gasteiger partial charge in [-0.3, -0.25) is 15.0 Å². The smallest absolute Gasteiger partial charge is 0.281 e. The van der Waals surface area contributed by atoms with Crippen LogP contribution in [0.15, 0.2) is 5.10 Å². The lowest BCUT2D eigenvalue weighted by Crippen LogP contribution is -2.40. The summed E-state index contributed by atoms with van der Waals surface area (Å²) in [7, 11) is 0. The SMILES string of the molecule is NNC(=O)C1=NNC(=O)CC1. The standard InChI is InChI=1S/C5H8N4O2/c6-7-5(11)3-1-2-4(10)9-8-3/h1-2,6H2,(H,7,11)(H,9,10). The van der Waals surface area contributed by atoms with E-state index in [4.69, 9.17) is 5.84 Å². The van der Waals surface area contributed by atoms with E-state index in [0.29, 0.717) is 6.42 Å². The number of amides is 2. The lowest BCUT2D eigenvalue weighted by molar-refractivity contribution is -0.121. The van der Waals surface area contributed by atoms with Gasteiger partial charge in [0.15, 0.2) is 0 Å². The van der Waals surface area contributed by atoms with Crippen molar-refractivity contribution in [3.63, 3.8) is 0 Å². The van der Waals surface area contributed by atoms with Gasteiger partial charge in [-0.1, -0.05) is 0 Å². The molecule has 2 amide bonds. The Morgan fingerprint density at radius 1 is 1.64 bits per heavy atom. The van der Waals surface area contributed by atoms with Crippen LogP contribution in [0.5, 0.6) is 0 Å². The third-order valence-corrected chi connectivity index (χ3v) is 1.30. The normalized spacial score (nSPS) is 16.8. The van der Waals surface area contributed by atoms with Gasteiger partial charge < -0.3 is 0 Å². The van der Waals surface area contributed by atoms with Gasteiger partial charge >= 0.3 is 0 Å². The summed E-state index contributed by atoms with van der Waals surface area (Å²) >= 11 is 0. The van der Waals surface area contributed by atoms with Gasteiger partial charge in [0, 0.05) is 12.8 Å². The molecule has 0 radical (unpaired) electrons. The first-order valence-corrected chi connectivity index (χ1v) is 3.10. The summed E-state index contributed by atoms with van der Waals surface area (Å²) in [6, 6.07) is 0. The van der Waals surface area contributed by atoms with Crippen LogP contribution in [-0.2, 0) is 9.59 Å². The topological polar surface area (TPSA) is 96.6 Å². The predicted molar refractivity (Wildman–Crippen MR) is 37.1 cm³/mol. The summed E-state index contributed by atoms with van der Waals surface area (Å²) in [5, 5.41) is 3.51. The number of carbonyl (C=O) groups excluding carboxylic acids is 2. The fourth-order valence-electron chi connectivity index (χ4n) is 0.721. The number of nitrogens with two attached hydrogens (primary N) is 1. The van der Waals surface area contributed by atoms with E-state index in [-0.39, 0.29) is 18.0 Å². The summed E-state index contributed by atoms with van der Waals surface area (Å²) in [4.78, 5) is 21.3. The first kappa shape index (κ1) is 7.67. The molecule has 6 heteroatoms. The number of nitrogens with one attached hydrogen (secondary N) is 2. The Kier molecular flexibility index (Phi) is 2.17. The molecule has 11 heavy (non-hydrogen) atoms. The van der Waals surface area contributed by atoms with Crippen LogP contribution < -0.4 is 16.7 Å². The third-order valence-electron chi connectivity index (χ3n) is 1.30. The minimum absolute atomic E-state index is 0.182. The lowest BCUT2D eigenvalue weighted by atomic mass is 10.2. The Hall–Kier alpha value is -1.43. The van der Waals surface area contributed by atoms with E-state index >= 15 is 0 Å². The largest absolute Gasteiger partial charge is 0.289 e. The van der Waals surface area contributed by atoms with Gasteiger partial charge in [0.1, 0.15) is 5.71 Å². The van der Waals surface area contributed by atoms with E-state index in [0.717, 1.165) is 0 Å². The molecule has 0 saturated heterocycles. The second-order valence-electron chi connectivity index (χ2n) is 2.07. The second-order valence-corrected chi connectivity index (χ2v) is 2.07. The van der Waals surface area contributed by atoms with E-state index in [1.54, 1.807) is 0 Å². The minimum Gasteiger partial charge on any atom is -0.289 e. The molecule has 1 aliphatic rings. The number of rotatable bonds is 1. The quantitative estimate of drug-likeness (QED) is 0.238. The molecule has 60 valence electrons. The van der Waals surface area contributed by atoms with Crippen molar-refractivity contribution in [2.75, 3.05) is 0 Å². The Balaban J connectivity index is 2.61. The molecule has 0 aromatic rings. The van der Waals surface area contributed by atoms with Crippen molar-refractivity contribution in [3.05, 3.63) is 0 Å². The van der Waals surface area contributed by atoms with Crippen molar-refractivity contribution >= 4 is 17.5 Å². The molecule has 0 saturated carbocycles. The highest BCUT2D eigenvalue weighted by atomic mass is 16.2. The Labute approximate surface area is 62.8 Å². The summed E-state index contributed by atoms with van der Waals surface area (Å²) in [5.41, 5.74) is 4.37. The van der Waals surface area contributed by atoms with Crippen LogP contribution in [0, 0.1) is 0 Å². The van der Waals surface area contributed by atoms with E-state index in [1.807, 2.05) is 5.43 Å². The first-order chi connectivity index (χ1) is 5.24. The van der Waals surface area contributed by atoms with Crippen LogP contribution in [0.2, 0.25) is 0 Å². The maximum atomic E-state index is 10.8. The number of hydrazine groups is 1. The summed E-state index contributed by atoms with van der Waals surface area (Å²) < 4.78 is 0. The monoisotopic (exact) mass is 156 g/mol. The molecule has 0 fully saturated rings. The first-order valence-electron chi connectivity index (χ1n) is 3.10. The van der Waals surface area contributed by atoms with Crippen LogP contribution in [0.25, 0.3) is 0 Å². The van der Waals surface area contributed by atoms with E-state index < -0.39 is 5.91 Å². The Morgan fingerprint density at radius 2 is 2.36 bits per heavy atom. The van der Waals surface area contributed by atoms with Crippen LogP contribution in [-0.4, -0.2) is 17.5 Å². The third kappa shape index (κ3) is 1.74. The highest BCUT2D eigenvalue weighted by molar-refractivity contribution is 6.39. The molecule has 0 aromatic carbocycles. The highest BCUT2D eigenvalue weighted by Gasteiger charge is 2.16. The van der Waals surface area contributed by atoms with E-state index in [2.05, 4.69) is 10.5 Å². The van der Waals surface area contributed by atoms with Crippen LogP contribution >= 0.6 is 0 Å². The second kappa shape index (κ2) is 3.11. The van der Waals surface area contributed by atoms with Gasteiger partial charge in [0.2, 0.25) is 5.91 Å². The Bertz CT molecular complexity index is 223. The lowest BCUT2D eigenvalue weighted by Gasteiger charge is -2.09. The van der Waals surface area contributed by atoms with Crippen LogP contribution in [0.4, 0.5) is 0 Å². The predicted octanol–water partition coefficient (Wildman–Crippen LogP) is -1.76. The van der Waals surface area contributed by atoms with Gasteiger partial charge in [0.05, 0.1) is 0 Å². The average molecular weight is 156 g/mol. The number of hydrogen-bond donors (Lipinski definition) is 3. The van der Waals surface area contributed by atoms with Crippen molar-refractivity contribution in [1.29, 1.82) is 0 Å². The molecule has 1 heterocycles. The molecule has 0 aliphatic carbocycles. The molecule has 0 unspecified atom stereocenters. The van der Waals surface area contributed by atoms with E-state index in [9.17, 15) is 9.59 Å². The minimum atomic E-state index is -0.454.